The number of carbonyl (C=O) groups is 1. The van der Waals surface area contributed by atoms with E-state index in [4.69, 9.17) is 0 Å². The Hall–Kier alpha value is -2.26. The molecule has 1 heterocycles. The predicted octanol–water partition coefficient (Wildman–Crippen LogP) is 0.510. The van der Waals surface area contributed by atoms with Gasteiger partial charge in [0, 0.05) is 19.0 Å². The molecule has 2 aromatic rings. The fourth-order valence-corrected chi connectivity index (χ4v) is 4.25. The van der Waals surface area contributed by atoms with Crippen LogP contribution in [0.2, 0.25) is 0 Å². The number of benzene rings is 1. The first kappa shape index (κ1) is 18.5. The van der Waals surface area contributed by atoms with Crippen molar-refractivity contribution in [2.45, 2.75) is 50.1 Å². The molecule has 1 aliphatic carbocycles. The molecular weight excluding hydrogens is 358 g/mol. The van der Waals surface area contributed by atoms with Gasteiger partial charge in [-0.15, -0.1) is 0 Å². The second kappa shape index (κ2) is 6.17. The standard InChI is InChI=1S/C17H21N3O5S/c1-4-11(21)10-20-15(22)13-9-12(5-6-14(13)19(3)16(20)23)26(24,25)18-17(2)7-8-17/h5-6,9,18H,4,7-8,10H2,1-3H3. The van der Waals surface area contributed by atoms with Crippen molar-refractivity contribution in [2.24, 2.45) is 7.05 Å². The fraction of sp³-hybridized carbons (Fsp3) is 0.471. The molecule has 140 valence electrons. The quantitative estimate of drug-likeness (QED) is 0.787. The number of ketones is 1. The summed E-state index contributed by atoms with van der Waals surface area (Å²) in [5.41, 5.74) is -1.40. The van der Waals surface area contributed by atoms with Gasteiger partial charge in [-0.2, -0.15) is 0 Å². The Morgan fingerprint density at radius 2 is 1.92 bits per heavy atom. The molecule has 0 saturated heterocycles. The lowest BCUT2D eigenvalue weighted by Crippen LogP contribution is -2.41. The largest absolute Gasteiger partial charge is 0.331 e. The lowest BCUT2D eigenvalue weighted by molar-refractivity contribution is -0.119. The minimum atomic E-state index is -3.78. The van der Waals surface area contributed by atoms with E-state index in [1.807, 2.05) is 6.92 Å². The average Bonchev–Trinajstić information content (AvgIpc) is 3.31. The third-order valence-electron chi connectivity index (χ3n) is 4.74. The smallest absolute Gasteiger partial charge is 0.298 e. The van der Waals surface area contributed by atoms with Gasteiger partial charge in [0.1, 0.15) is 0 Å². The molecule has 0 amide bonds. The molecule has 0 unspecified atom stereocenters. The second-order valence-electron chi connectivity index (χ2n) is 6.97. The van der Waals surface area contributed by atoms with Crippen LogP contribution in [-0.4, -0.2) is 28.9 Å². The van der Waals surface area contributed by atoms with Gasteiger partial charge in [0.2, 0.25) is 10.0 Å². The van der Waals surface area contributed by atoms with Gasteiger partial charge in [-0.05, 0) is 38.0 Å². The van der Waals surface area contributed by atoms with E-state index >= 15 is 0 Å². The number of fused-ring (bicyclic) bond motifs is 1. The van der Waals surface area contributed by atoms with Gasteiger partial charge in [-0.1, -0.05) is 6.92 Å². The Morgan fingerprint density at radius 1 is 1.27 bits per heavy atom. The highest BCUT2D eigenvalue weighted by atomic mass is 32.2. The van der Waals surface area contributed by atoms with Crippen LogP contribution in [0, 0.1) is 0 Å². The SMILES string of the molecule is CCC(=O)Cn1c(=O)c2cc(S(=O)(=O)NC3(C)CC3)ccc2n(C)c1=O. The first-order chi connectivity index (χ1) is 12.1. The molecule has 0 atom stereocenters. The van der Waals surface area contributed by atoms with E-state index in [0.717, 1.165) is 17.4 Å². The maximum absolute atomic E-state index is 12.7. The van der Waals surface area contributed by atoms with Gasteiger partial charge < -0.3 is 0 Å². The zero-order valence-electron chi connectivity index (χ0n) is 14.9. The van der Waals surface area contributed by atoms with Gasteiger partial charge in [-0.3, -0.25) is 18.7 Å². The zero-order chi connectivity index (χ0) is 19.3. The van der Waals surface area contributed by atoms with Crippen LogP contribution in [0.5, 0.6) is 0 Å². The van der Waals surface area contributed by atoms with Crippen LogP contribution in [-0.2, 0) is 28.4 Å². The molecule has 1 N–H and O–H groups in total. The van der Waals surface area contributed by atoms with Crippen LogP contribution in [0.1, 0.15) is 33.1 Å². The number of sulfonamides is 1. The summed E-state index contributed by atoms with van der Waals surface area (Å²) < 4.78 is 29.8. The molecule has 1 fully saturated rings. The van der Waals surface area contributed by atoms with E-state index in [9.17, 15) is 22.8 Å². The molecule has 1 saturated carbocycles. The summed E-state index contributed by atoms with van der Waals surface area (Å²) in [5.74, 6) is -0.254. The summed E-state index contributed by atoms with van der Waals surface area (Å²) in [4.78, 5) is 36.8. The van der Waals surface area contributed by atoms with E-state index in [1.54, 1.807) is 6.92 Å². The maximum atomic E-state index is 12.7. The Balaban J connectivity index is 2.18. The molecule has 26 heavy (non-hydrogen) atoms. The highest BCUT2D eigenvalue weighted by molar-refractivity contribution is 7.89. The van der Waals surface area contributed by atoms with Gasteiger partial charge >= 0.3 is 5.69 Å². The highest BCUT2D eigenvalue weighted by Crippen LogP contribution is 2.36. The topological polar surface area (TPSA) is 107 Å². The van der Waals surface area contributed by atoms with Crippen molar-refractivity contribution < 1.29 is 13.2 Å². The zero-order valence-corrected chi connectivity index (χ0v) is 15.7. The van der Waals surface area contributed by atoms with Crippen LogP contribution in [0.15, 0.2) is 32.7 Å². The van der Waals surface area contributed by atoms with Crippen molar-refractivity contribution >= 4 is 26.7 Å². The number of aromatic nitrogens is 2. The summed E-state index contributed by atoms with van der Waals surface area (Å²) in [6.07, 6.45) is 1.73. The average molecular weight is 379 g/mol. The van der Waals surface area contributed by atoms with Crippen molar-refractivity contribution in [1.82, 2.24) is 13.9 Å². The van der Waals surface area contributed by atoms with Crippen LogP contribution >= 0.6 is 0 Å². The van der Waals surface area contributed by atoms with Crippen LogP contribution < -0.4 is 16.0 Å². The Labute approximate surface area is 150 Å². The summed E-state index contributed by atoms with van der Waals surface area (Å²) in [6.45, 7) is 3.14. The van der Waals surface area contributed by atoms with Crippen molar-refractivity contribution in [3.63, 3.8) is 0 Å². The first-order valence-corrected chi connectivity index (χ1v) is 9.85. The van der Waals surface area contributed by atoms with Gasteiger partial charge in [0.15, 0.2) is 5.78 Å². The van der Waals surface area contributed by atoms with Crippen molar-refractivity contribution in [3.05, 3.63) is 39.0 Å². The monoisotopic (exact) mass is 379 g/mol. The summed E-state index contributed by atoms with van der Waals surface area (Å²) >= 11 is 0. The number of hydrogen-bond donors (Lipinski definition) is 1. The van der Waals surface area contributed by atoms with Crippen LogP contribution in [0.3, 0.4) is 0 Å². The minimum absolute atomic E-state index is 0.0396. The third kappa shape index (κ3) is 3.24. The van der Waals surface area contributed by atoms with Crippen molar-refractivity contribution in [2.75, 3.05) is 0 Å². The molecule has 0 bridgehead atoms. The highest BCUT2D eigenvalue weighted by Gasteiger charge is 2.41. The number of nitrogens with one attached hydrogen (secondary N) is 1. The number of aryl methyl sites for hydroxylation is 1. The Bertz CT molecular complexity index is 1120. The summed E-state index contributed by atoms with van der Waals surface area (Å²) in [6, 6.07) is 4.07. The van der Waals surface area contributed by atoms with E-state index in [2.05, 4.69) is 4.72 Å². The minimum Gasteiger partial charge on any atom is -0.298 e. The molecular formula is C17H21N3O5S. The van der Waals surface area contributed by atoms with E-state index < -0.39 is 26.8 Å². The first-order valence-electron chi connectivity index (χ1n) is 8.37. The van der Waals surface area contributed by atoms with Gasteiger partial charge in [0.05, 0.1) is 22.3 Å². The van der Waals surface area contributed by atoms with E-state index in [1.165, 1.54) is 29.8 Å². The van der Waals surface area contributed by atoms with Crippen molar-refractivity contribution in [3.8, 4) is 0 Å². The lowest BCUT2D eigenvalue weighted by atomic mass is 10.2. The number of rotatable bonds is 6. The molecule has 8 nitrogen and oxygen atoms in total. The van der Waals surface area contributed by atoms with E-state index in [0.29, 0.717) is 5.52 Å². The number of Topliss-reactive ketones (excluding diaryl/α,β-unsaturated/α-hetero) is 1. The summed E-state index contributed by atoms with van der Waals surface area (Å²) in [5, 5.41) is 0.0832. The second-order valence-corrected chi connectivity index (χ2v) is 8.65. The Kier molecular flexibility index (Phi) is 4.40. The number of carbonyl (C=O) groups excluding carboxylic acids is 1. The maximum Gasteiger partial charge on any atom is 0.331 e. The van der Waals surface area contributed by atoms with E-state index in [-0.39, 0.29) is 29.0 Å². The molecule has 1 aromatic heterocycles. The molecule has 0 spiro atoms. The summed E-state index contributed by atoms with van der Waals surface area (Å²) in [7, 11) is -2.30. The normalized spacial score (nSPS) is 16.0. The number of nitrogens with zero attached hydrogens (tertiary/aromatic N) is 2. The van der Waals surface area contributed by atoms with Gasteiger partial charge in [0.25, 0.3) is 5.56 Å². The molecule has 1 aliphatic rings. The van der Waals surface area contributed by atoms with Crippen LogP contribution in [0.25, 0.3) is 10.9 Å². The molecule has 0 aliphatic heterocycles. The molecule has 0 radical (unpaired) electrons. The lowest BCUT2D eigenvalue weighted by Gasteiger charge is -2.14. The van der Waals surface area contributed by atoms with Crippen LogP contribution in [0.4, 0.5) is 0 Å². The molecule has 1 aromatic carbocycles. The molecule has 3 rings (SSSR count). The predicted molar refractivity (Wildman–Crippen MR) is 96.7 cm³/mol. The third-order valence-corrected chi connectivity index (χ3v) is 6.38. The number of hydrogen-bond acceptors (Lipinski definition) is 5. The van der Waals surface area contributed by atoms with Crippen molar-refractivity contribution in [1.29, 1.82) is 0 Å². The molecule has 9 heteroatoms. The fourth-order valence-electron chi connectivity index (χ4n) is 2.76. The Morgan fingerprint density at radius 3 is 2.50 bits per heavy atom. The van der Waals surface area contributed by atoms with Gasteiger partial charge in [-0.25, -0.2) is 17.9 Å².